The lowest BCUT2D eigenvalue weighted by Gasteiger charge is -2.11. The van der Waals surface area contributed by atoms with E-state index in [0.717, 1.165) is 11.4 Å². The number of rotatable bonds is 6. The quantitative estimate of drug-likeness (QED) is 0.752. The highest BCUT2D eigenvalue weighted by atomic mass is 35.5. The van der Waals surface area contributed by atoms with Gasteiger partial charge in [0.1, 0.15) is 0 Å². The molecule has 0 aliphatic rings. The molecule has 4 nitrogen and oxygen atoms in total. The zero-order valence-electron chi connectivity index (χ0n) is 9.29. The molecule has 1 unspecified atom stereocenters. The van der Waals surface area contributed by atoms with Crippen molar-refractivity contribution in [1.29, 1.82) is 0 Å². The summed E-state index contributed by atoms with van der Waals surface area (Å²) in [5.41, 5.74) is 0. The van der Waals surface area contributed by atoms with Gasteiger partial charge in [-0.25, -0.2) is 4.57 Å². The van der Waals surface area contributed by atoms with Crippen LogP contribution in [-0.2, 0) is 24.4 Å². The van der Waals surface area contributed by atoms with Gasteiger partial charge in [-0.1, -0.05) is 11.6 Å². The van der Waals surface area contributed by atoms with Crippen molar-refractivity contribution in [2.45, 2.75) is 4.90 Å². The first-order chi connectivity index (χ1) is 8.00. The second-order valence-corrected chi connectivity index (χ2v) is 9.40. The Morgan fingerprint density at radius 1 is 1.29 bits per heavy atom. The van der Waals surface area contributed by atoms with Gasteiger partial charge < -0.3 is 9.05 Å². The Labute approximate surface area is 112 Å². The molecule has 1 atom stereocenters. The van der Waals surface area contributed by atoms with E-state index in [1.165, 1.54) is 14.2 Å². The fraction of sp³-hybridized carbons (Fsp3) is 0.333. The Balaban J connectivity index is 2.61. The number of halogens is 1. The van der Waals surface area contributed by atoms with E-state index in [9.17, 15) is 8.77 Å². The highest BCUT2D eigenvalue weighted by Gasteiger charge is 2.23. The second kappa shape index (κ2) is 6.92. The Morgan fingerprint density at radius 3 is 2.29 bits per heavy atom. The molecule has 0 amide bonds. The van der Waals surface area contributed by atoms with Crippen LogP contribution in [0.25, 0.3) is 0 Å². The van der Waals surface area contributed by atoms with Gasteiger partial charge in [0.25, 0.3) is 0 Å². The summed E-state index contributed by atoms with van der Waals surface area (Å²) in [5.74, 6) is 0. The van der Waals surface area contributed by atoms with Crippen LogP contribution in [0.2, 0.25) is 5.02 Å². The molecule has 0 aliphatic carbocycles. The third-order valence-electron chi connectivity index (χ3n) is 1.84. The van der Waals surface area contributed by atoms with Gasteiger partial charge in [-0.3, -0.25) is 4.21 Å². The minimum Gasteiger partial charge on any atom is -0.304 e. The zero-order valence-corrected chi connectivity index (χ0v) is 12.6. The van der Waals surface area contributed by atoms with Crippen LogP contribution in [0, 0.1) is 0 Å². The smallest absolute Gasteiger partial charge is 0.304 e. The second-order valence-electron chi connectivity index (χ2n) is 2.86. The first-order valence-electron chi connectivity index (χ1n) is 4.51. The minimum atomic E-state index is -3.17. The zero-order chi connectivity index (χ0) is 12.9. The van der Waals surface area contributed by atoms with Crippen molar-refractivity contribution in [2.75, 3.05) is 19.3 Å². The van der Waals surface area contributed by atoms with E-state index in [1.807, 2.05) is 0 Å². The molecule has 17 heavy (non-hydrogen) atoms. The molecule has 8 heteroatoms. The fourth-order valence-corrected chi connectivity index (χ4v) is 5.97. The largest absolute Gasteiger partial charge is 0.389 e. The Kier molecular flexibility index (Phi) is 6.20. The van der Waals surface area contributed by atoms with E-state index in [1.54, 1.807) is 24.3 Å². The SMILES string of the molecule is COP(=O)(OC)SCS(=O)c1ccc(Cl)cc1. The van der Waals surface area contributed by atoms with E-state index in [-0.39, 0.29) is 5.08 Å². The maximum Gasteiger partial charge on any atom is 0.389 e. The summed E-state index contributed by atoms with van der Waals surface area (Å²) in [4.78, 5) is 0.626. The highest BCUT2D eigenvalue weighted by molar-refractivity contribution is 8.57. The van der Waals surface area contributed by atoms with Crippen molar-refractivity contribution in [3.05, 3.63) is 29.3 Å². The topological polar surface area (TPSA) is 52.6 Å². The molecule has 0 radical (unpaired) electrons. The molecule has 0 heterocycles. The summed E-state index contributed by atoms with van der Waals surface area (Å²) < 4.78 is 33.0. The summed E-state index contributed by atoms with van der Waals surface area (Å²) >= 11 is 6.63. The molecule has 0 bridgehead atoms. The molecule has 0 N–H and O–H groups in total. The van der Waals surface area contributed by atoms with Gasteiger partial charge >= 0.3 is 6.80 Å². The lowest BCUT2D eigenvalue weighted by molar-refractivity contribution is 0.295. The third-order valence-corrected chi connectivity index (χ3v) is 8.17. The normalized spacial score (nSPS) is 13.6. The predicted molar refractivity (Wildman–Crippen MR) is 71.9 cm³/mol. The number of hydrogen-bond acceptors (Lipinski definition) is 5. The van der Waals surface area contributed by atoms with Crippen LogP contribution in [0.5, 0.6) is 0 Å². The van der Waals surface area contributed by atoms with Gasteiger partial charge in [0.15, 0.2) is 0 Å². The monoisotopic (exact) mass is 314 g/mol. The molecule has 96 valence electrons. The molecule has 0 fully saturated rings. The standard InChI is InChI=1S/C9H12ClO4PS2/c1-13-15(11,14-2)16-7-17(12)9-5-3-8(10)4-6-9/h3-6H,7H2,1-2H3. The fourth-order valence-electron chi connectivity index (χ4n) is 0.947. The van der Waals surface area contributed by atoms with E-state index < -0.39 is 17.6 Å². The van der Waals surface area contributed by atoms with Crippen molar-refractivity contribution in [3.8, 4) is 0 Å². The highest BCUT2D eigenvalue weighted by Crippen LogP contribution is 2.59. The van der Waals surface area contributed by atoms with Gasteiger partial charge in [-0.05, 0) is 35.6 Å². The predicted octanol–water partition coefficient (Wildman–Crippen LogP) is 3.54. The lowest BCUT2D eigenvalue weighted by atomic mass is 10.4. The number of benzene rings is 1. The molecule has 0 saturated heterocycles. The molecule has 0 aliphatic heterocycles. The van der Waals surface area contributed by atoms with Gasteiger partial charge in [0.05, 0.1) is 15.9 Å². The van der Waals surface area contributed by atoms with E-state index in [0.29, 0.717) is 9.92 Å². The van der Waals surface area contributed by atoms with Crippen molar-refractivity contribution in [2.24, 2.45) is 0 Å². The first-order valence-corrected chi connectivity index (χ1v) is 9.34. The van der Waals surface area contributed by atoms with Crippen molar-refractivity contribution in [1.82, 2.24) is 0 Å². The van der Waals surface area contributed by atoms with Crippen LogP contribution in [0.1, 0.15) is 0 Å². The summed E-state index contributed by atoms with van der Waals surface area (Å²) in [6.07, 6.45) is 0. The maximum atomic E-state index is 11.8. The Bertz CT molecular complexity index is 429. The first kappa shape index (κ1) is 15.2. The Hall–Kier alpha value is 0.160. The summed E-state index contributed by atoms with van der Waals surface area (Å²) in [7, 11) is 1.32. The third kappa shape index (κ3) is 4.73. The van der Waals surface area contributed by atoms with Gasteiger partial charge in [-0.2, -0.15) is 0 Å². The average molecular weight is 315 g/mol. The minimum absolute atomic E-state index is 0.139. The van der Waals surface area contributed by atoms with Crippen LogP contribution in [-0.4, -0.2) is 23.5 Å². The van der Waals surface area contributed by atoms with E-state index in [2.05, 4.69) is 0 Å². The van der Waals surface area contributed by atoms with Crippen LogP contribution in [0.3, 0.4) is 0 Å². The van der Waals surface area contributed by atoms with Crippen molar-refractivity contribution < 1.29 is 17.8 Å². The molecule has 0 aromatic heterocycles. The van der Waals surface area contributed by atoms with Crippen molar-refractivity contribution >= 4 is 40.6 Å². The molecule has 1 aromatic rings. The molecule has 0 spiro atoms. The molecule has 1 aromatic carbocycles. The maximum absolute atomic E-state index is 11.8. The Morgan fingerprint density at radius 2 is 1.82 bits per heavy atom. The van der Waals surface area contributed by atoms with Crippen LogP contribution < -0.4 is 0 Å². The van der Waals surface area contributed by atoms with Crippen LogP contribution in [0.4, 0.5) is 0 Å². The van der Waals surface area contributed by atoms with Crippen LogP contribution in [0.15, 0.2) is 29.2 Å². The molecule has 0 saturated carbocycles. The average Bonchev–Trinajstić information content (AvgIpc) is 2.36. The molecular formula is C9H12ClO4PS2. The van der Waals surface area contributed by atoms with Crippen molar-refractivity contribution in [3.63, 3.8) is 0 Å². The summed E-state index contributed by atoms with van der Waals surface area (Å²) in [6, 6.07) is 6.66. The van der Waals surface area contributed by atoms with Gasteiger partial charge in [0.2, 0.25) is 0 Å². The van der Waals surface area contributed by atoms with E-state index in [4.69, 9.17) is 20.6 Å². The van der Waals surface area contributed by atoms with Gasteiger partial charge in [-0.15, -0.1) is 0 Å². The summed E-state index contributed by atoms with van der Waals surface area (Å²) in [6.45, 7) is -3.17. The molecular weight excluding hydrogens is 303 g/mol. The van der Waals surface area contributed by atoms with Gasteiger partial charge in [0, 0.05) is 24.1 Å². The van der Waals surface area contributed by atoms with Crippen LogP contribution >= 0.6 is 29.8 Å². The number of hydrogen-bond donors (Lipinski definition) is 0. The van der Waals surface area contributed by atoms with E-state index >= 15 is 0 Å². The molecule has 1 rings (SSSR count). The summed E-state index contributed by atoms with van der Waals surface area (Å²) in [5, 5.41) is 0.721. The lowest BCUT2D eigenvalue weighted by Crippen LogP contribution is -1.95.